The molecular formula is CH2Cl2Na2O5P2. The van der Waals surface area contributed by atoms with Crippen molar-refractivity contribution in [2.75, 3.05) is 0 Å². The molecule has 0 aromatic rings. The van der Waals surface area contributed by atoms with Gasteiger partial charge in [-0.25, -0.2) is 13.4 Å². The molecule has 12 heavy (non-hydrogen) atoms. The maximum Gasteiger partial charge on any atom is 0.345 e. The second-order valence-electron chi connectivity index (χ2n) is 1.27. The molecule has 1 aliphatic heterocycles. The molecule has 0 saturated carbocycles. The third kappa shape index (κ3) is 6.41. The van der Waals surface area contributed by atoms with E-state index in [-0.39, 0.29) is 59.1 Å². The fourth-order valence-electron chi connectivity index (χ4n) is 0.325. The molecule has 0 amide bonds. The topological polar surface area (TPSA) is 61.8 Å². The van der Waals surface area contributed by atoms with Crippen molar-refractivity contribution in [1.82, 2.24) is 0 Å². The molecule has 0 aromatic heterocycles. The van der Waals surface area contributed by atoms with Gasteiger partial charge in [-0.15, -0.1) is 0 Å². The molecule has 0 aromatic carbocycles. The van der Waals surface area contributed by atoms with Crippen LogP contribution in [0.3, 0.4) is 0 Å². The van der Waals surface area contributed by atoms with Crippen LogP contribution in [0.2, 0.25) is 0 Å². The maximum atomic E-state index is 10.4. The zero-order valence-electron chi connectivity index (χ0n) is 6.30. The summed E-state index contributed by atoms with van der Waals surface area (Å²) in [4.78, 5) is 0. The van der Waals surface area contributed by atoms with Crippen LogP contribution in [-0.2, 0) is 22.5 Å². The summed E-state index contributed by atoms with van der Waals surface area (Å²) in [5.41, 5.74) is 0. The summed E-state index contributed by atoms with van der Waals surface area (Å²) in [7, 11) is -5.71. The van der Waals surface area contributed by atoms with E-state index < -0.39 is 21.2 Å². The number of rotatable bonds is 0. The molecule has 0 spiro atoms. The summed E-state index contributed by atoms with van der Waals surface area (Å²) in [6.45, 7) is 0. The minimum Gasteiger partial charge on any atom is -0.263 e. The Morgan fingerprint density at radius 1 is 1.00 bits per heavy atom. The van der Waals surface area contributed by atoms with Gasteiger partial charge in [0.05, 0.1) is 0 Å². The van der Waals surface area contributed by atoms with Crippen LogP contribution in [0.5, 0.6) is 0 Å². The van der Waals surface area contributed by atoms with E-state index in [4.69, 9.17) is 23.2 Å². The second kappa shape index (κ2) is 7.24. The van der Waals surface area contributed by atoms with E-state index in [2.05, 4.69) is 13.4 Å². The molecule has 62 valence electrons. The van der Waals surface area contributed by atoms with Gasteiger partial charge in [-0.05, 0) is 23.2 Å². The smallest absolute Gasteiger partial charge is 0.263 e. The van der Waals surface area contributed by atoms with Crippen molar-refractivity contribution in [3.63, 3.8) is 0 Å². The summed E-state index contributed by atoms with van der Waals surface area (Å²) >= 11 is 10.3. The van der Waals surface area contributed by atoms with Crippen molar-refractivity contribution >= 4 is 98.8 Å². The first-order chi connectivity index (χ1) is 4.49. The Kier molecular flexibility index (Phi) is 10.4. The molecule has 1 fully saturated rings. The van der Waals surface area contributed by atoms with Crippen molar-refractivity contribution in [3.8, 4) is 0 Å². The van der Waals surface area contributed by atoms with Gasteiger partial charge in [0.1, 0.15) is 0 Å². The van der Waals surface area contributed by atoms with Gasteiger partial charge in [0, 0.05) is 59.1 Å². The van der Waals surface area contributed by atoms with E-state index in [9.17, 15) is 9.13 Å². The van der Waals surface area contributed by atoms with Crippen LogP contribution in [0, 0.1) is 0 Å². The molecule has 1 aliphatic rings. The quantitative estimate of drug-likeness (QED) is 0.376. The predicted octanol–water partition coefficient (Wildman–Crippen LogP) is 1.16. The average molecular weight is 273 g/mol. The molecular weight excluding hydrogens is 271 g/mol. The van der Waals surface area contributed by atoms with Crippen LogP contribution in [0.15, 0.2) is 0 Å². The third-order valence-corrected chi connectivity index (χ3v) is 3.64. The fraction of sp³-hybridized carbons (Fsp3) is 1.00. The molecule has 2 radical (unpaired) electrons. The van der Waals surface area contributed by atoms with Crippen molar-refractivity contribution < 1.29 is 22.5 Å². The second-order valence-corrected chi connectivity index (χ2v) is 4.68. The van der Waals surface area contributed by atoms with Crippen LogP contribution in [0.1, 0.15) is 0 Å². The van der Waals surface area contributed by atoms with Gasteiger partial charge in [-0.3, -0.25) is 9.13 Å². The van der Waals surface area contributed by atoms with Crippen LogP contribution in [0.4, 0.5) is 0 Å². The molecule has 1 heterocycles. The monoisotopic (exact) mass is 272 g/mol. The number of alkyl halides is 2. The van der Waals surface area contributed by atoms with E-state index in [1.807, 2.05) is 0 Å². The average Bonchev–Trinajstić information content (AvgIpc) is 1.54. The van der Waals surface area contributed by atoms with E-state index >= 15 is 0 Å². The first-order valence-corrected chi connectivity index (χ1v) is 5.22. The summed E-state index contributed by atoms with van der Waals surface area (Å²) < 4.78 is 31.2. The molecule has 5 nitrogen and oxygen atoms in total. The van der Waals surface area contributed by atoms with Crippen LogP contribution in [-0.4, -0.2) is 63.8 Å². The Morgan fingerprint density at radius 2 is 1.33 bits per heavy atom. The fourth-order valence-corrected chi connectivity index (χ4v) is 2.51. The van der Waals surface area contributed by atoms with Gasteiger partial charge in [-0.2, -0.15) is 0 Å². The van der Waals surface area contributed by atoms with E-state index in [1.165, 1.54) is 0 Å². The molecule has 0 N–H and O–H groups in total. The summed E-state index contributed by atoms with van der Waals surface area (Å²) in [5, 5.41) is 0. The molecule has 2 atom stereocenters. The van der Waals surface area contributed by atoms with Crippen molar-refractivity contribution in [2.45, 2.75) is 4.71 Å². The van der Waals surface area contributed by atoms with Gasteiger partial charge in [0.25, 0.3) is 0 Å². The minimum absolute atomic E-state index is 0. The van der Waals surface area contributed by atoms with E-state index in [1.54, 1.807) is 0 Å². The summed E-state index contributed by atoms with van der Waals surface area (Å²) in [6, 6.07) is 0. The van der Waals surface area contributed by atoms with Crippen molar-refractivity contribution in [3.05, 3.63) is 0 Å². The Labute approximate surface area is 124 Å². The molecule has 0 bridgehead atoms. The van der Waals surface area contributed by atoms with E-state index in [0.717, 1.165) is 0 Å². The number of halogens is 2. The molecule has 1 rings (SSSR count). The first-order valence-electron chi connectivity index (χ1n) is 2.01. The Morgan fingerprint density at radius 3 is 1.58 bits per heavy atom. The van der Waals surface area contributed by atoms with Crippen LogP contribution < -0.4 is 0 Å². The number of hydrogen-bond donors (Lipinski definition) is 0. The third-order valence-electron chi connectivity index (χ3n) is 0.571. The Balaban J connectivity index is 0. The minimum atomic E-state index is -2.85. The zero-order chi connectivity index (χ0) is 7.78. The normalized spacial score (nSPS) is 32.8. The van der Waals surface area contributed by atoms with Gasteiger partial charge >= 0.3 is 21.2 Å². The SMILES string of the molecule is O=[PH]1O[PH](=O)OC(Cl)(Cl)O1.[Na].[Na]. The van der Waals surface area contributed by atoms with E-state index in [0.29, 0.717) is 0 Å². The van der Waals surface area contributed by atoms with Gasteiger partial charge in [-0.1, -0.05) is 0 Å². The molecule has 1 saturated heterocycles. The Bertz CT molecular complexity index is 180. The van der Waals surface area contributed by atoms with Crippen molar-refractivity contribution in [2.24, 2.45) is 0 Å². The van der Waals surface area contributed by atoms with Crippen LogP contribution >= 0.6 is 39.7 Å². The van der Waals surface area contributed by atoms with Gasteiger partial charge in [0.15, 0.2) is 0 Å². The summed E-state index contributed by atoms with van der Waals surface area (Å²) in [6.07, 6.45) is 0. The van der Waals surface area contributed by atoms with Crippen LogP contribution in [0.25, 0.3) is 0 Å². The zero-order valence-corrected chi connectivity index (χ0v) is 13.8. The van der Waals surface area contributed by atoms with Gasteiger partial charge < -0.3 is 0 Å². The standard InChI is InChI=1S/CH2Cl2O5P2.2Na/c2-1(3)6-9(4)8-10(5)7-1;;/h9-10H;;. The Hall–Kier alpha value is 2.92. The maximum absolute atomic E-state index is 10.4. The number of hydrogen-bond acceptors (Lipinski definition) is 5. The molecule has 11 heteroatoms. The predicted molar refractivity (Wildman–Crippen MR) is 47.2 cm³/mol. The summed E-state index contributed by atoms with van der Waals surface area (Å²) in [5.74, 6) is 0. The largest absolute Gasteiger partial charge is 0.345 e. The first kappa shape index (κ1) is 17.3. The molecule has 0 aliphatic carbocycles. The van der Waals surface area contributed by atoms with Crippen molar-refractivity contribution in [1.29, 1.82) is 0 Å². The molecule has 2 unspecified atom stereocenters. The van der Waals surface area contributed by atoms with Gasteiger partial charge in [0.2, 0.25) is 0 Å².